The first kappa shape index (κ1) is 12.8. The van der Waals surface area contributed by atoms with Gasteiger partial charge in [0.15, 0.2) is 0 Å². The van der Waals surface area contributed by atoms with Crippen LogP contribution < -0.4 is 10.1 Å². The van der Waals surface area contributed by atoms with Gasteiger partial charge in [-0.3, -0.25) is 0 Å². The molecule has 0 amide bonds. The van der Waals surface area contributed by atoms with Gasteiger partial charge < -0.3 is 10.1 Å². The van der Waals surface area contributed by atoms with E-state index < -0.39 is 0 Å². The first-order chi connectivity index (χ1) is 7.65. The highest BCUT2D eigenvalue weighted by atomic mass is 16.5. The second-order valence-electron chi connectivity index (χ2n) is 4.15. The zero-order valence-corrected chi connectivity index (χ0v) is 10.5. The van der Waals surface area contributed by atoms with Crippen LogP contribution in [0, 0.1) is 6.92 Å². The molecular weight excluding hydrogens is 198 g/mol. The molecule has 0 fully saturated rings. The predicted molar refractivity (Wildman–Crippen MR) is 68.9 cm³/mol. The van der Waals surface area contributed by atoms with Gasteiger partial charge in [-0.1, -0.05) is 23.8 Å². The van der Waals surface area contributed by atoms with Crippen molar-refractivity contribution >= 4 is 0 Å². The second kappa shape index (κ2) is 6.33. The van der Waals surface area contributed by atoms with Crippen LogP contribution >= 0.6 is 0 Å². The summed E-state index contributed by atoms with van der Waals surface area (Å²) in [4.78, 5) is 0. The van der Waals surface area contributed by atoms with Crippen molar-refractivity contribution in [2.24, 2.45) is 0 Å². The van der Waals surface area contributed by atoms with E-state index in [0.717, 1.165) is 24.3 Å². The molecule has 0 heterocycles. The number of benzene rings is 1. The summed E-state index contributed by atoms with van der Waals surface area (Å²) in [7, 11) is 1.94. The van der Waals surface area contributed by atoms with Gasteiger partial charge in [-0.25, -0.2) is 0 Å². The van der Waals surface area contributed by atoms with E-state index in [2.05, 4.69) is 37.0 Å². The van der Waals surface area contributed by atoms with E-state index in [0.29, 0.717) is 6.61 Å². The summed E-state index contributed by atoms with van der Waals surface area (Å²) in [6.07, 6.45) is 0.910. The number of aryl methyl sites for hydroxylation is 1. The van der Waals surface area contributed by atoms with Gasteiger partial charge in [0, 0.05) is 18.5 Å². The smallest absolute Gasteiger partial charge is 0.126 e. The largest absolute Gasteiger partial charge is 0.493 e. The Kier molecular flexibility index (Phi) is 5.06. The summed E-state index contributed by atoms with van der Waals surface area (Å²) in [5, 5.41) is 3.15. The number of ether oxygens (including phenoxy) is 1. The lowest BCUT2D eigenvalue weighted by Gasteiger charge is -2.13. The van der Waals surface area contributed by atoms with Crippen molar-refractivity contribution in [3.05, 3.63) is 41.5 Å². The molecule has 0 aliphatic rings. The Balaban J connectivity index is 2.71. The fourth-order valence-corrected chi connectivity index (χ4v) is 1.58. The Bertz CT molecular complexity index is 358. The van der Waals surface area contributed by atoms with Crippen LogP contribution in [0.2, 0.25) is 0 Å². The van der Waals surface area contributed by atoms with Crippen LogP contribution in [0.1, 0.15) is 24.5 Å². The molecule has 88 valence electrons. The number of rotatable bonds is 6. The maximum absolute atomic E-state index is 5.83. The van der Waals surface area contributed by atoms with Crippen LogP contribution in [0.25, 0.3) is 0 Å². The third-order valence-electron chi connectivity index (χ3n) is 2.44. The summed E-state index contributed by atoms with van der Waals surface area (Å²) in [6, 6.07) is 6.24. The lowest BCUT2D eigenvalue weighted by atomic mass is 10.1. The van der Waals surface area contributed by atoms with Crippen LogP contribution in [0.15, 0.2) is 30.4 Å². The fourth-order valence-electron chi connectivity index (χ4n) is 1.58. The van der Waals surface area contributed by atoms with Gasteiger partial charge in [-0.15, -0.1) is 6.58 Å². The van der Waals surface area contributed by atoms with E-state index in [4.69, 9.17) is 4.74 Å². The molecule has 1 aromatic rings. The molecule has 16 heavy (non-hydrogen) atoms. The summed E-state index contributed by atoms with van der Waals surface area (Å²) >= 11 is 0. The molecule has 1 rings (SSSR count). The molecule has 0 aliphatic carbocycles. The van der Waals surface area contributed by atoms with E-state index in [1.165, 1.54) is 11.1 Å². The van der Waals surface area contributed by atoms with E-state index in [1.807, 2.05) is 14.0 Å². The van der Waals surface area contributed by atoms with Crippen LogP contribution in [-0.4, -0.2) is 13.7 Å². The molecule has 0 radical (unpaired) electrons. The van der Waals surface area contributed by atoms with Crippen molar-refractivity contribution in [3.63, 3.8) is 0 Å². The average molecular weight is 219 g/mol. The molecule has 0 atom stereocenters. The molecule has 0 spiro atoms. The lowest BCUT2D eigenvalue weighted by molar-refractivity contribution is 0.315. The van der Waals surface area contributed by atoms with Crippen LogP contribution in [0.5, 0.6) is 5.75 Å². The number of nitrogens with one attached hydrogen (secondary N) is 1. The molecule has 0 unspecified atom stereocenters. The fraction of sp³-hybridized carbons (Fsp3) is 0.429. The standard InChI is InChI=1S/C14H21NO/c1-11(2)8-9-16-14-12(3)6-5-7-13(14)10-15-4/h5-7,15H,1,8-10H2,2-4H3. The van der Waals surface area contributed by atoms with Gasteiger partial charge in [0.05, 0.1) is 6.61 Å². The van der Waals surface area contributed by atoms with Crippen molar-refractivity contribution in [2.45, 2.75) is 26.8 Å². The predicted octanol–water partition coefficient (Wildman–Crippen LogP) is 3.06. The minimum atomic E-state index is 0.705. The molecule has 2 nitrogen and oxygen atoms in total. The second-order valence-corrected chi connectivity index (χ2v) is 4.15. The van der Waals surface area contributed by atoms with Gasteiger partial charge in [0.25, 0.3) is 0 Å². The third kappa shape index (κ3) is 3.70. The van der Waals surface area contributed by atoms with E-state index in [1.54, 1.807) is 0 Å². The summed E-state index contributed by atoms with van der Waals surface area (Å²) in [6.45, 7) is 9.52. The highest BCUT2D eigenvalue weighted by Gasteiger charge is 2.05. The Morgan fingerprint density at radius 3 is 2.81 bits per heavy atom. The summed E-state index contributed by atoms with van der Waals surface area (Å²) in [5.41, 5.74) is 3.56. The molecule has 1 N–H and O–H groups in total. The van der Waals surface area contributed by atoms with Gasteiger partial charge in [0.1, 0.15) is 5.75 Å². The van der Waals surface area contributed by atoms with Gasteiger partial charge >= 0.3 is 0 Å². The first-order valence-electron chi connectivity index (χ1n) is 5.65. The lowest BCUT2D eigenvalue weighted by Crippen LogP contribution is -2.09. The maximum atomic E-state index is 5.83. The normalized spacial score (nSPS) is 10.2. The highest BCUT2D eigenvalue weighted by molar-refractivity contribution is 5.40. The Labute approximate surface area is 98.3 Å². The molecule has 2 heteroatoms. The molecule has 0 saturated heterocycles. The quantitative estimate of drug-likeness (QED) is 0.742. The monoisotopic (exact) mass is 219 g/mol. The SMILES string of the molecule is C=C(C)CCOc1c(C)cccc1CNC. The van der Waals surface area contributed by atoms with Crippen LogP contribution in [0.4, 0.5) is 0 Å². The van der Waals surface area contributed by atoms with Crippen LogP contribution in [0.3, 0.4) is 0 Å². The van der Waals surface area contributed by atoms with Crippen molar-refractivity contribution in [3.8, 4) is 5.75 Å². The Morgan fingerprint density at radius 2 is 2.19 bits per heavy atom. The van der Waals surface area contributed by atoms with E-state index in [9.17, 15) is 0 Å². The van der Waals surface area contributed by atoms with Crippen molar-refractivity contribution in [1.29, 1.82) is 0 Å². The van der Waals surface area contributed by atoms with Gasteiger partial charge in [-0.05, 0) is 26.5 Å². The topological polar surface area (TPSA) is 21.3 Å². The molecule has 0 saturated carbocycles. The minimum Gasteiger partial charge on any atom is -0.493 e. The zero-order valence-electron chi connectivity index (χ0n) is 10.5. The van der Waals surface area contributed by atoms with Crippen molar-refractivity contribution in [1.82, 2.24) is 5.32 Å². The van der Waals surface area contributed by atoms with E-state index >= 15 is 0 Å². The maximum Gasteiger partial charge on any atom is 0.126 e. The summed E-state index contributed by atoms with van der Waals surface area (Å²) in [5.74, 6) is 1.01. The highest BCUT2D eigenvalue weighted by Crippen LogP contribution is 2.23. The Hall–Kier alpha value is -1.28. The van der Waals surface area contributed by atoms with E-state index in [-0.39, 0.29) is 0 Å². The van der Waals surface area contributed by atoms with Crippen molar-refractivity contribution in [2.75, 3.05) is 13.7 Å². The molecule has 0 bridgehead atoms. The average Bonchev–Trinajstić information content (AvgIpc) is 2.22. The third-order valence-corrected chi connectivity index (χ3v) is 2.44. The number of hydrogen-bond donors (Lipinski definition) is 1. The number of para-hydroxylation sites is 1. The molecule has 0 aliphatic heterocycles. The first-order valence-corrected chi connectivity index (χ1v) is 5.65. The minimum absolute atomic E-state index is 0.705. The number of hydrogen-bond acceptors (Lipinski definition) is 2. The van der Waals surface area contributed by atoms with Gasteiger partial charge in [0.2, 0.25) is 0 Å². The summed E-state index contributed by atoms with van der Waals surface area (Å²) < 4.78 is 5.83. The van der Waals surface area contributed by atoms with Crippen LogP contribution in [-0.2, 0) is 6.54 Å². The molecule has 1 aromatic carbocycles. The van der Waals surface area contributed by atoms with Gasteiger partial charge in [-0.2, -0.15) is 0 Å². The Morgan fingerprint density at radius 1 is 1.44 bits per heavy atom. The zero-order chi connectivity index (χ0) is 12.0. The van der Waals surface area contributed by atoms with Crippen molar-refractivity contribution < 1.29 is 4.74 Å². The molecule has 0 aromatic heterocycles. The molecular formula is C14H21NO.